The molecule has 26 heavy (non-hydrogen) atoms. The number of esters is 1. The minimum Gasteiger partial charge on any atom is -0.497 e. The van der Waals surface area contributed by atoms with E-state index in [1.807, 2.05) is 13.8 Å². The van der Waals surface area contributed by atoms with Crippen molar-refractivity contribution in [2.45, 2.75) is 45.5 Å². The Morgan fingerprint density at radius 1 is 1.15 bits per heavy atom. The van der Waals surface area contributed by atoms with Gasteiger partial charge in [-0.05, 0) is 42.5 Å². The molecule has 1 fully saturated rings. The van der Waals surface area contributed by atoms with Crippen LogP contribution >= 0.6 is 11.8 Å². The maximum atomic E-state index is 13.2. The van der Waals surface area contributed by atoms with Crippen molar-refractivity contribution in [1.29, 1.82) is 0 Å². The Morgan fingerprint density at radius 2 is 1.81 bits per heavy atom. The van der Waals surface area contributed by atoms with Crippen molar-refractivity contribution in [3.05, 3.63) is 29.8 Å². The lowest BCUT2D eigenvalue weighted by Gasteiger charge is -2.29. The van der Waals surface area contributed by atoms with Gasteiger partial charge in [0.2, 0.25) is 0 Å². The summed E-state index contributed by atoms with van der Waals surface area (Å²) < 4.78 is 10.6. The number of methoxy groups -OCH3 is 1. The fourth-order valence-electron chi connectivity index (χ4n) is 2.83. The number of carbonyl (C=O) groups is 2. The summed E-state index contributed by atoms with van der Waals surface area (Å²) in [5.41, 5.74) is 0.559. The van der Waals surface area contributed by atoms with Gasteiger partial charge in [0, 0.05) is 11.3 Å². The summed E-state index contributed by atoms with van der Waals surface area (Å²) in [6.07, 6.45) is 0.848. The number of benzene rings is 1. The Hall–Kier alpha value is -1.69. The van der Waals surface area contributed by atoms with E-state index in [-0.39, 0.29) is 23.2 Å². The van der Waals surface area contributed by atoms with Crippen molar-refractivity contribution >= 4 is 23.6 Å². The molecule has 5 nitrogen and oxygen atoms in total. The number of thioether (sulfide) groups is 1. The predicted molar refractivity (Wildman–Crippen MR) is 104 cm³/mol. The molecular formula is C20H29NO4S. The number of rotatable bonds is 7. The maximum absolute atomic E-state index is 13.2. The van der Waals surface area contributed by atoms with Gasteiger partial charge in [-0.25, -0.2) is 4.79 Å². The molecule has 1 aromatic carbocycles. The molecule has 0 bridgehead atoms. The summed E-state index contributed by atoms with van der Waals surface area (Å²) in [6, 6.07) is 6.48. The van der Waals surface area contributed by atoms with E-state index in [1.54, 1.807) is 48.0 Å². The van der Waals surface area contributed by atoms with Crippen LogP contribution in [0.3, 0.4) is 0 Å². The van der Waals surface area contributed by atoms with Crippen LogP contribution in [-0.2, 0) is 9.53 Å². The third-order valence-electron chi connectivity index (χ3n) is 4.17. The summed E-state index contributed by atoms with van der Waals surface area (Å²) in [6.45, 7) is 8.62. The van der Waals surface area contributed by atoms with Crippen LogP contribution in [0, 0.1) is 11.8 Å². The maximum Gasteiger partial charge on any atom is 0.329 e. The summed E-state index contributed by atoms with van der Waals surface area (Å²) in [5, 5.41) is -0.0128. The molecule has 0 radical (unpaired) electrons. The van der Waals surface area contributed by atoms with Gasteiger partial charge >= 0.3 is 5.97 Å². The summed E-state index contributed by atoms with van der Waals surface area (Å²) in [7, 11) is 1.59. The van der Waals surface area contributed by atoms with Gasteiger partial charge in [-0.3, -0.25) is 4.79 Å². The van der Waals surface area contributed by atoms with Crippen LogP contribution in [0.25, 0.3) is 0 Å². The van der Waals surface area contributed by atoms with Gasteiger partial charge in [-0.15, -0.1) is 11.8 Å². The van der Waals surface area contributed by atoms with Gasteiger partial charge in [0.05, 0.1) is 19.1 Å². The Bertz CT molecular complexity index is 615. The molecule has 1 amide bonds. The molecule has 2 unspecified atom stereocenters. The van der Waals surface area contributed by atoms with E-state index in [0.29, 0.717) is 29.6 Å². The highest BCUT2D eigenvalue weighted by molar-refractivity contribution is 8.00. The monoisotopic (exact) mass is 379 g/mol. The SMILES string of the molecule is COc1ccc(C(=O)N2C(CC(C)C)SCC2C(=O)OCC(C)C)cc1. The summed E-state index contributed by atoms with van der Waals surface area (Å²) >= 11 is 1.66. The van der Waals surface area contributed by atoms with Gasteiger partial charge in [0.15, 0.2) is 0 Å². The predicted octanol–water partition coefficient (Wildman–Crippen LogP) is 3.82. The summed E-state index contributed by atoms with van der Waals surface area (Å²) in [5.74, 6) is 1.54. The highest BCUT2D eigenvalue weighted by atomic mass is 32.2. The molecule has 1 saturated heterocycles. The molecule has 1 aromatic rings. The Morgan fingerprint density at radius 3 is 2.35 bits per heavy atom. The van der Waals surface area contributed by atoms with Gasteiger partial charge in [-0.1, -0.05) is 27.7 Å². The largest absolute Gasteiger partial charge is 0.497 e. The molecule has 0 aliphatic carbocycles. The van der Waals surface area contributed by atoms with Crippen molar-refractivity contribution < 1.29 is 19.1 Å². The molecule has 6 heteroatoms. The molecule has 0 spiro atoms. The average molecular weight is 380 g/mol. The first kappa shape index (κ1) is 20.6. The van der Waals surface area contributed by atoms with E-state index in [0.717, 1.165) is 6.42 Å². The highest BCUT2D eigenvalue weighted by Gasteiger charge is 2.42. The molecule has 144 valence electrons. The zero-order chi connectivity index (χ0) is 19.3. The van der Waals surface area contributed by atoms with Crippen LogP contribution in [0.1, 0.15) is 44.5 Å². The molecule has 0 aromatic heterocycles. The van der Waals surface area contributed by atoms with E-state index >= 15 is 0 Å². The minimum atomic E-state index is -0.530. The second kappa shape index (κ2) is 9.31. The molecule has 1 aliphatic rings. The first-order valence-corrected chi connectivity index (χ1v) is 10.1. The van der Waals surface area contributed by atoms with Crippen molar-refractivity contribution in [3.8, 4) is 5.75 Å². The number of amides is 1. The van der Waals surface area contributed by atoms with Gasteiger partial charge in [-0.2, -0.15) is 0 Å². The average Bonchev–Trinajstić information content (AvgIpc) is 3.01. The van der Waals surface area contributed by atoms with Crippen LogP contribution in [0.2, 0.25) is 0 Å². The van der Waals surface area contributed by atoms with Crippen LogP contribution in [0.15, 0.2) is 24.3 Å². The molecule has 2 rings (SSSR count). The number of nitrogens with zero attached hydrogens (tertiary/aromatic N) is 1. The first-order valence-electron chi connectivity index (χ1n) is 9.08. The van der Waals surface area contributed by atoms with Crippen molar-refractivity contribution in [1.82, 2.24) is 4.90 Å². The quantitative estimate of drug-likeness (QED) is 0.674. The second-order valence-electron chi connectivity index (χ2n) is 7.40. The zero-order valence-corrected chi connectivity index (χ0v) is 17.0. The number of hydrogen-bond donors (Lipinski definition) is 0. The van der Waals surface area contributed by atoms with Crippen LogP contribution in [0.4, 0.5) is 0 Å². The number of hydrogen-bond acceptors (Lipinski definition) is 5. The van der Waals surface area contributed by atoms with E-state index in [4.69, 9.17) is 9.47 Å². The van der Waals surface area contributed by atoms with Crippen LogP contribution < -0.4 is 4.74 Å². The molecular weight excluding hydrogens is 350 g/mol. The van der Waals surface area contributed by atoms with Crippen molar-refractivity contribution in [3.63, 3.8) is 0 Å². The smallest absolute Gasteiger partial charge is 0.329 e. The fraction of sp³-hybridized carbons (Fsp3) is 0.600. The number of carbonyl (C=O) groups excluding carboxylic acids is 2. The minimum absolute atomic E-state index is 0.0128. The van der Waals surface area contributed by atoms with Gasteiger partial charge in [0.25, 0.3) is 5.91 Å². The van der Waals surface area contributed by atoms with Gasteiger partial charge in [0.1, 0.15) is 11.8 Å². The van der Waals surface area contributed by atoms with E-state index in [2.05, 4.69) is 13.8 Å². The lowest BCUT2D eigenvalue weighted by atomic mass is 10.1. The first-order chi connectivity index (χ1) is 12.3. The Labute approximate surface area is 160 Å². The normalized spacial score (nSPS) is 19.9. The topological polar surface area (TPSA) is 55.8 Å². The number of ether oxygens (including phenoxy) is 2. The lowest BCUT2D eigenvalue weighted by Crippen LogP contribution is -2.46. The lowest BCUT2D eigenvalue weighted by molar-refractivity contribution is -0.149. The molecule has 2 atom stereocenters. The third-order valence-corrected chi connectivity index (χ3v) is 5.48. The van der Waals surface area contributed by atoms with Crippen LogP contribution in [-0.4, -0.2) is 47.7 Å². The summed E-state index contributed by atoms with van der Waals surface area (Å²) in [4.78, 5) is 27.5. The van der Waals surface area contributed by atoms with Crippen molar-refractivity contribution in [2.24, 2.45) is 11.8 Å². The van der Waals surface area contributed by atoms with Gasteiger partial charge < -0.3 is 14.4 Å². The van der Waals surface area contributed by atoms with Crippen LogP contribution in [0.5, 0.6) is 5.75 Å². The third kappa shape index (κ3) is 5.16. The van der Waals surface area contributed by atoms with Crippen molar-refractivity contribution in [2.75, 3.05) is 19.5 Å². The van der Waals surface area contributed by atoms with E-state index in [9.17, 15) is 9.59 Å². The fourth-order valence-corrected chi connectivity index (χ4v) is 4.46. The molecule has 0 N–H and O–H groups in total. The van der Waals surface area contributed by atoms with E-state index < -0.39 is 6.04 Å². The molecule has 0 saturated carbocycles. The standard InChI is InChI=1S/C20H29NO4S/c1-13(2)10-18-21(17(12-26-18)20(23)25-11-14(3)4)19(22)15-6-8-16(24-5)9-7-15/h6-9,13-14,17-18H,10-12H2,1-5H3. The highest BCUT2D eigenvalue weighted by Crippen LogP contribution is 2.35. The Kier molecular flexibility index (Phi) is 7.38. The Balaban J connectivity index is 2.22. The zero-order valence-electron chi connectivity index (χ0n) is 16.2. The van der Waals surface area contributed by atoms with E-state index in [1.165, 1.54) is 0 Å². The molecule has 1 aliphatic heterocycles. The second-order valence-corrected chi connectivity index (χ2v) is 8.61. The molecule has 1 heterocycles.